The van der Waals surface area contributed by atoms with Crippen molar-refractivity contribution in [3.63, 3.8) is 0 Å². The maximum atomic E-state index is 11.9. The molecule has 2 aromatic heterocycles. The molecule has 0 atom stereocenters. The van der Waals surface area contributed by atoms with E-state index in [0.717, 1.165) is 62.0 Å². The van der Waals surface area contributed by atoms with Gasteiger partial charge in [-0.25, -0.2) is 4.98 Å². The quantitative estimate of drug-likeness (QED) is 0.466. The number of aryl methyl sites for hydroxylation is 1. The number of methoxy groups -OCH3 is 1. The summed E-state index contributed by atoms with van der Waals surface area (Å²) in [6, 6.07) is 12.1. The van der Waals surface area contributed by atoms with Gasteiger partial charge in [0.1, 0.15) is 0 Å². The molecule has 0 bridgehead atoms. The molecule has 0 saturated carbocycles. The summed E-state index contributed by atoms with van der Waals surface area (Å²) in [5.74, 6) is 1.14. The van der Waals surface area contributed by atoms with E-state index in [1.54, 1.807) is 19.3 Å². The second-order valence-corrected chi connectivity index (χ2v) is 10.0. The first-order valence-corrected chi connectivity index (χ1v) is 12.8. The monoisotopic (exact) mass is 504 g/mol. The fraction of sp³-hybridized carbons (Fsp3) is 0.346. The number of piperidine rings is 1. The molecule has 2 aliphatic rings. The van der Waals surface area contributed by atoms with Crippen molar-refractivity contribution in [2.75, 3.05) is 31.6 Å². The molecule has 2 amide bonds. The summed E-state index contributed by atoms with van der Waals surface area (Å²) in [6.45, 7) is 5.46. The molecule has 2 fully saturated rings. The van der Waals surface area contributed by atoms with Gasteiger partial charge in [0.15, 0.2) is 0 Å². The van der Waals surface area contributed by atoms with E-state index in [4.69, 9.17) is 4.74 Å². The first-order valence-electron chi connectivity index (χ1n) is 12.0. The third-order valence-electron chi connectivity index (χ3n) is 6.42. The number of anilines is 1. The van der Waals surface area contributed by atoms with Gasteiger partial charge in [0.2, 0.25) is 11.8 Å². The number of benzene rings is 1. The third-order valence-corrected chi connectivity index (χ3v) is 7.23. The Labute approximate surface area is 213 Å². The van der Waals surface area contributed by atoms with Crippen LogP contribution in [0.1, 0.15) is 29.8 Å². The number of hydrogen-bond acceptors (Lipinski definition) is 9. The van der Waals surface area contributed by atoms with Crippen molar-refractivity contribution in [2.24, 2.45) is 5.92 Å². The zero-order chi connectivity index (χ0) is 25.1. The molecular weight excluding hydrogens is 476 g/mol. The van der Waals surface area contributed by atoms with Crippen molar-refractivity contribution in [1.82, 2.24) is 25.6 Å². The van der Waals surface area contributed by atoms with E-state index in [1.807, 2.05) is 13.0 Å². The second-order valence-electron chi connectivity index (χ2n) is 8.99. The second kappa shape index (κ2) is 10.6. The average molecular weight is 505 g/mol. The van der Waals surface area contributed by atoms with Crippen LogP contribution >= 0.6 is 11.8 Å². The van der Waals surface area contributed by atoms with Gasteiger partial charge in [0.25, 0.3) is 11.1 Å². The van der Waals surface area contributed by atoms with Crippen LogP contribution in [0.2, 0.25) is 0 Å². The van der Waals surface area contributed by atoms with E-state index in [1.165, 1.54) is 10.9 Å². The van der Waals surface area contributed by atoms with Crippen molar-refractivity contribution in [1.29, 1.82) is 0 Å². The highest BCUT2D eigenvalue weighted by atomic mass is 32.2. The van der Waals surface area contributed by atoms with Gasteiger partial charge in [0, 0.05) is 36.8 Å². The van der Waals surface area contributed by atoms with Gasteiger partial charge in [-0.3, -0.25) is 19.9 Å². The van der Waals surface area contributed by atoms with Crippen LogP contribution in [0.3, 0.4) is 0 Å². The fourth-order valence-corrected chi connectivity index (χ4v) is 5.26. The first-order chi connectivity index (χ1) is 17.5. The Morgan fingerprint density at radius 3 is 2.72 bits per heavy atom. The molecule has 2 saturated heterocycles. The number of fused-ring (bicyclic) bond motifs is 1. The number of carbonyl (C=O) groups is 2. The van der Waals surface area contributed by atoms with E-state index in [9.17, 15) is 9.59 Å². The summed E-state index contributed by atoms with van der Waals surface area (Å²) in [5.41, 5.74) is 3.88. The Morgan fingerprint density at radius 2 is 1.97 bits per heavy atom. The predicted molar refractivity (Wildman–Crippen MR) is 141 cm³/mol. The molecule has 2 aliphatic heterocycles. The predicted octanol–water partition coefficient (Wildman–Crippen LogP) is 3.67. The number of rotatable bonds is 7. The Morgan fingerprint density at radius 1 is 1.17 bits per heavy atom. The molecule has 0 aliphatic carbocycles. The molecule has 9 nitrogen and oxygen atoms in total. The standard InChI is InChI=1S/C26H28N6O3S/c1-16-11-18(20-5-3-4-6-21(20)28-16)15-27-14-17-7-9-32(10-8-17)25-29-19(13-23(30-25)35-2)12-22-24(33)31-26(34)36-22/h3-6,11-13,17,27H,7-10,14-15H2,1-2H3,(H,31,33,34)/b22-12-. The first kappa shape index (κ1) is 24.2. The highest BCUT2D eigenvalue weighted by Gasteiger charge is 2.26. The SMILES string of the molecule is COc1cc(/C=C2\SC(=O)NC2=O)nc(N2CCC(CNCc3cc(C)nc4ccccc34)CC2)n1. The molecule has 36 heavy (non-hydrogen) atoms. The summed E-state index contributed by atoms with van der Waals surface area (Å²) in [7, 11) is 1.55. The average Bonchev–Trinajstić information content (AvgIpc) is 3.20. The van der Waals surface area contributed by atoms with E-state index in [-0.39, 0.29) is 5.24 Å². The van der Waals surface area contributed by atoms with Gasteiger partial charge in [-0.2, -0.15) is 4.98 Å². The number of hydrogen-bond donors (Lipinski definition) is 2. The number of imide groups is 1. The number of nitrogens with zero attached hydrogens (tertiary/aromatic N) is 4. The highest BCUT2D eigenvalue weighted by molar-refractivity contribution is 8.18. The smallest absolute Gasteiger partial charge is 0.290 e. The molecule has 1 aromatic carbocycles. The van der Waals surface area contributed by atoms with Gasteiger partial charge in [-0.15, -0.1) is 0 Å². The number of amides is 2. The summed E-state index contributed by atoms with van der Waals surface area (Å²) >= 11 is 0.867. The zero-order valence-corrected chi connectivity index (χ0v) is 21.1. The summed E-state index contributed by atoms with van der Waals surface area (Å²) in [5, 5.41) is 6.73. The number of para-hydroxylation sites is 1. The summed E-state index contributed by atoms with van der Waals surface area (Å²) in [4.78, 5) is 39.6. The number of aromatic nitrogens is 3. The van der Waals surface area contributed by atoms with Gasteiger partial charge in [-0.1, -0.05) is 18.2 Å². The van der Waals surface area contributed by atoms with Crippen molar-refractivity contribution >= 4 is 45.8 Å². The minimum Gasteiger partial charge on any atom is -0.481 e. The minimum absolute atomic E-state index is 0.314. The number of carbonyl (C=O) groups excluding carboxylic acids is 2. The Hall–Kier alpha value is -3.50. The maximum Gasteiger partial charge on any atom is 0.290 e. The highest BCUT2D eigenvalue weighted by Crippen LogP contribution is 2.28. The lowest BCUT2D eigenvalue weighted by Crippen LogP contribution is -2.38. The molecule has 10 heteroatoms. The molecule has 0 radical (unpaired) electrons. The van der Waals surface area contributed by atoms with Crippen LogP contribution in [0.15, 0.2) is 41.3 Å². The van der Waals surface area contributed by atoms with Crippen LogP contribution in [0.5, 0.6) is 5.88 Å². The van der Waals surface area contributed by atoms with Crippen LogP contribution < -0.4 is 20.3 Å². The van der Waals surface area contributed by atoms with Gasteiger partial charge in [-0.05, 0) is 67.8 Å². The lowest BCUT2D eigenvalue weighted by Gasteiger charge is -2.32. The largest absolute Gasteiger partial charge is 0.481 e. The fourth-order valence-electron chi connectivity index (χ4n) is 4.59. The number of ether oxygens (including phenoxy) is 1. The normalized spacial score (nSPS) is 17.7. The van der Waals surface area contributed by atoms with Gasteiger partial charge in [0.05, 0.1) is 23.2 Å². The number of thioether (sulfide) groups is 1. The van der Waals surface area contributed by atoms with Crippen LogP contribution in [0, 0.1) is 12.8 Å². The zero-order valence-electron chi connectivity index (χ0n) is 20.3. The van der Waals surface area contributed by atoms with Crippen molar-refractivity contribution in [3.8, 4) is 5.88 Å². The topological polar surface area (TPSA) is 109 Å². The maximum absolute atomic E-state index is 11.9. The van der Waals surface area contributed by atoms with Crippen molar-refractivity contribution in [2.45, 2.75) is 26.3 Å². The summed E-state index contributed by atoms with van der Waals surface area (Å²) < 4.78 is 5.36. The Balaban J connectivity index is 1.19. The lowest BCUT2D eigenvalue weighted by molar-refractivity contribution is -0.115. The Kier molecular flexibility index (Phi) is 7.15. The van der Waals surface area contributed by atoms with E-state index >= 15 is 0 Å². The van der Waals surface area contributed by atoms with E-state index in [0.29, 0.717) is 28.3 Å². The van der Waals surface area contributed by atoms with Crippen LogP contribution in [-0.2, 0) is 11.3 Å². The van der Waals surface area contributed by atoms with Crippen LogP contribution in [0.25, 0.3) is 17.0 Å². The van der Waals surface area contributed by atoms with Crippen LogP contribution in [0.4, 0.5) is 10.7 Å². The number of pyridine rings is 1. The molecule has 186 valence electrons. The van der Waals surface area contributed by atoms with E-state index in [2.05, 4.69) is 54.8 Å². The summed E-state index contributed by atoms with van der Waals surface area (Å²) in [6.07, 6.45) is 3.64. The molecule has 4 heterocycles. The van der Waals surface area contributed by atoms with E-state index < -0.39 is 5.91 Å². The van der Waals surface area contributed by atoms with Crippen molar-refractivity contribution in [3.05, 3.63) is 58.3 Å². The van der Waals surface area contributed by atoms with Crippen molar-refractivity contribution < 1.29 is 14.3 Å². The third kappa shape index (κ3) is 5.50. The Bertz CT molecular complexity index is 1340. The lowest BCUT2D eigenvalue weighted by atomic mass is 9.97. The minimum atomic E-state index is -0.410. The molecule has 0 unspecified atom stereocenters. The van der Waals surface area contributed by atoms with Gasteiger partial charge < -0.3 is 15.0 Å². The number of nitrogens with one attached hydrogen (secondary N) is 2. The molecule has 5 rings (SSSR count). The molecule has 2 N–H and O–H groups in total. The van der Waals surface area contributed by atoms with Crippen LogP contribution in [-0.4, -0.2) is 52.8 Å². The molecular formula is C26H28N6O3S. The molecule has 3 aromatic rings. The molecule has 0 spiro atoms. The van der Waals surface area contributed by atoms with Gasteiger partial charge >= 0.3 is 0 Å².